The molecule has 1 saturated carbocycles. The SMILES string of the molecule is C#CC(CC)NC(=O)NC(CC(=O)O)C1CC1. The Kier molecular flexibility index (Phi) is 4.83. The van der Waals surface area contributed by atoms with E-state index in [-0.39, 0.29) is 24.5 Å². The van der Waals surface area contributed by atoms with E-state index in [2.05, 4.69) is 16.6 Å². The molecule has 0 aromatic rings. The first-order valence-electron chi connectivity index (χ1n) is 5.81. The van der Waals surface area contributed by atoms with Gasteiger partial charge in [-0.2, -0.15) is 0 Å². The molecule has 3 N–H and O–H groups in total. The highest BCUT2D eigenvalue weighted by atomic mass is 16.4. The molecule has 94 valence electrons. The maximum Gasteiger partial charge on any atom is 0.316 e. The highest BCUT2D eigenvalue weighted by molar-refractivity contribution is 5.76. The number of carboxylic acid groups (broad SMARTS) is 1. The van der Waals surface area contributed by atoms with Gasteiger partial charge in [-0.15, -0.1) is 6.42 Å². The van der Waals surface area contributed by atoms with Crippen molar-refractivity contribution in [1.82, 2.24) is 10.6 Å². The molecule has 1 rings (SSSR count). The summed E-state index contributed by atoms with van der Waals surface area (Å²) in [6, 6.07) is -0.976. The van der Waals surface area contributed by atoms with Crippen molar-refractivity contribution in [3.63, 3.8) is 0 Å². The quantitative estimate of drug-likeness (QED) is 0.603. The van der Waals surface area contributed by atoms with Crippen molar-refractivity contribution in [2.75, 3.05) is 0 Å². The summed E-state index contributed by atoms with van der Waals surface area (Å²) in [6.45, 7) is 1.88. The zero-order valence-corrected chi connectivity index (χ0v) is 9.90. The monoisotopic (exact) mass is 238 g/mol. The topological polar surface area (TPSA) is 78.4 Å². The lowest BCUT2D eigenvalue weighted by Gasteiger charge is -2.18. The lowest BCUT2D eigenvalue weighted by molar-refractivity contribution is -0.137. The molecule has 0 aromatic carbocycles. The second kappa shape index (κ2) is 6.14. The van der Waals surface area contributed by atoms with Crippen molar-refractivity contribution in [3.8, 4) is 12.3 Å². The van der Waals surface area contributed by atoms with Crippen LogP contribution in [-0.2, 0) is 4.79 Å². The van der Waals surface area contributed by atoms with E-state index in [1.54, 1.807) is 0 Å². The normalized spacial score (nSPS) is 17.6. The molecule has 2 atom stereocenters. The smallest absolute Gasteiger partial charge is 0.316 e. The van der Waals surface area contributed by atoms with Gasteiger partial charge in [0.2, 0.25) is 0 Å². The largest absolute Gasteiger partial charge is 0.481 e. The van der Waals surface area contributed by atoms with Crippen LogP contribution >= 0.6 is 0 Å². The number of hydrogen-bond donors (Lipinski definition) is 3. The lowest BCUT2D eigenvalue weighted by atomic mass is 10.1. The average molecular weight is 238 g/mol. The summed E-state index contributed by atoms with van der Waals surface area (Å²) in [5, 5.41) is 14.1. The molecule has 5 nitrogen and oxygen atoms in total. The first-order valence-corrected chi connectivity index (χ1v) is 5.81. The van der Waals surface area contributed by atoms with Gasteiger partial charge >= 0.3 is 12.0 Å². The van der Waals surface area contributed by atoms with Gasteiger partial charge < -0.3 is 15.7 Å². The second-order valence-electron chi connectivity index (χ2n) is 4.29. The van der Waals surface area contributed by atoms with Crippen LogP contribution in [0.25, 0.3) is 0 Å². The maximum absolute atomic E-state index is 11.6. The molecule has 0 aromatic heterocycles. The third-order valence-electron chi connectivity index (χ3n) is 2.82. The summed E-state index contributed by atoms with van der Waals surface area (Å²) in [4.78, 5) is 22.2. The van der Waals surface area contributed by atoms with Crippen LogP contribution in [0.15, 0.2) is 0 Å². The summed E-state index contributed by atoms with van der Waals surface area (Å²) >= 11 is 0. The van der Waals surface area contributed by atoms with Crippen LogP contribution in [0.3, 0.4) is 0 Å². The minimum absolute atomic E-state index is 0.0368. The third-order valence-corrected chi connectivity index (χ3v) is 2.82. The first kappa shape index (κ1) is 13.4. The summed E-state index contributed by atoms with van der Waals surface area (Å²) in [6.07, 6.45) is 7.80. The standard InChI is InChI=1S/C12H18N2O3/c1-3-9(4-2)13-12(17)14-10(7-11(15)16)8-5-6-8/h1,8-10H,4-7H2,2H3,(H,15,16)(H2,13,14,17). The molecule has 0 aliphatic heterocycles. The van der Waals surface area contributed by atoms with E-state index >= 15 is 0 Å². The number of nitrogens with one attached hydrogen (secondary N) is 2. The molecule has 0 heterocycles. The van der Waals surface area contributed by atoms with E-state index in [1.807, 2.05) is 6.92 Å². The minimum Gasteiger partial charge on any atom is -0.481 e. The van der Waals surface area contributed by atoms with Gasteiger partial charge in [-0.3, -0.25) is 4.79 Å². The molecular weight excluding hydrogens is 220 g/mol. The first-order chi connectivity index (χ1) is 8.06. The molecule has 17 heavy (non-hydrogen) atoms. The van der Waals surface area contributed by atoms with E-state index in [1.165, 1.54) is 0 Å². The molecule has 2 unspecified atom stereocenters. The van der Waals surface area contributed by atoms with Crippen molar-refractivity contribution in [3.05, 3.63) is 0 Å². The van der Waals surface area contributed by atoms with Crippen LogP contribution in [0.4, 0.5) is 4.79 Å². The van der Waals surface area contributed by atoms with Crippen molar-refractivity contribution in [2.45, 2.75) is 44.7 Å². The zero-order valence-electron chi connectivity index (χ0n) is 9.90. The van der Waals surface area contributed by atoms with Gasteiger partial charge in [0.05, 0.1) is 12.5 Å². The predicted molar refractivity (Wildman–Crippen MR) is 63.3 cm³/mol. The fraction of sp³-hybridized carbons (Fsp3) is 0.667. The number of aliphatic carboxylic acids is 1. The predicted octanol–water partition coefficient (Wildman–Crippen LogP) is 0.951. The number of amides is 2. The Morgan fingerprint density at radius 2 is 2.12 bits per heavy atom. The molecule has 0 radical (unpaired) electrons. The van der Waals surface area contributed by atoms with Gasteiger partial charge in [0, 0.05) is 6.04 Å². The molecule has 0 bridgehead atoms. The maximum atomic E-state index is 11.6. The summed E-state index contributed by atoms with van der Waals surface area (Å²) < 4.78 is 0. The third kappa shape index (κ3) is 4.77. The van der Waals surface area contributed by atoms with Crippen LogP contribution in [0, 0.1) is 18.3 Å². The molecule has 0 saturated heterocycles. The summed E-state index contributed by atoms with van der Waals surface area (Å²) in [5.41, 5.74) is 0. The van der Waals surface area contributed by atoms with Crippen LogP contribution < -0.4 is 10.6 Å². The van der Waals surface area contributed by atoms with Crippen LogP contribution in [0.1, 0.15) is 32.6 Å². The lowest BCUT2D eigenvalue weighted by Crippen LogP contribution is -2.47. The highest BCUT2D eigenvalue weighted by Gasteiger charge is 2.33. The Morgan fingerprint density at radius 1 is 1.47 bits per heavy atom. The summed E-state index contributed by atoms with van der Waals surface area (Å²) in [5.74, 6) is 1.85. The fourth-order valence-corrected chi connectivity index (χ4v) is 1.65. The zero-order chi connectivity index (χ0) is 12.8. The molecule has 0 spiro atoms. The van der Waals surface area contributed by atoms with Crippen molar-refractivity contribution >= 4 is 12.0 Å². The number of carbonyl (C=O) groups is 2. The number of carboxylic acids is 1. The minimum atomic E-state index is -0.897. The van der Waals surface area contributed by atoms with E-state index in [4.69, 9.17) is 11.5 Å². The van der Waals surface area contributed by atoms with E-state index in [9.17, 15) is 9.59 Å². The van der Waals surface area contributed by atoms with Gasteiger partial charge in [-0.1, -0.05) is 12.8 Å². The van der Waals surface area contributed by atoms with Gasteiger partial charge in [0.15, 0.2) is 0 Å². The van der Waals surface area contributed by atoms with E-state index < -0.39 is 5.97 Å². The van der Waals surface area contributed by atoms with E-state index in [0.29, 0.717) is 12.3 Å². The molecule has 5 heteroatoms. The Bertz CT molecular complexity index is 331. The van der Waals surface area contributed by atoms with Gasteiger partial charge in [-0.25, -0.2) is 4.79 Å². The Hall–Kier alpha value is -1.70. The van der Waals surface area contributed by atoms with Crippen LogP contribution in [0.5, 0.6) is 0 Å². The number of carbonyl (C=O) groups excluding carboxylic acids is 1. The van der Waals surface area contributed by atoms with Crippen molar-refractivity contribution < 1.29 is 14.7 Å². The number of rotatable bonds is 6. The Morgan fingerprint density at radius 3 is 2.53 bits per heavy atom. The highest BCUT2D eigenvalue weighted by Crippen LogP contribution is 2.33. The molecular formula is C12H18N2O3. The molecule has 1 aliphatic carbocycles. The summed E-state index contributed by atoms with van der Waals surface area (Å²) in [7, 11) is 0. The Balaban J connectivity index is 2.41. The number of terminal acetylenes is 1. The van der Waals surface area contributed by atoms with Gasteiger partial charge in [0.25, 0.3) is 0 Å². The molecule has 1 fully saturated rings. The van der Waals surface area contributed by atoms with Crippen molar-refractivity contribution in [1.29, 1.82) is 0 Å². The number of urea groups is 1. The van der Waals surface area contributed by atoms with Crippen LogP contribution in [0.2, 0.25) is 0 Å². The van der Waals surface area contributed by atoms with Gasteiger partial charge in [-0.05, 0) is 25.2 Å². The fourth-order valence-electron chi connectivity index (χ4n) is 1.65. The van der Waals surface area contributed by atoms with Gasteiger partial charge in [0.1, 0.15) is 0 Å². The Labute approximate surface area is 101 Å². The second-order valence-corrected chi connectivity index (χ2v) is 4.29. The average Bonchev–Trinajstić information content (AvgIpc) is 3.08. The number of hydrogen-bond acceptors (Lipinski definition) is 2. The van der Waals surface area contributed by atoms with Crippen LogP contribution in [-0.4, -0.2) is 29.2 Å². The molecule has 1 aliphatic rings. The molecule has 2 amide bonds. The van der Waals surface area contributed by atoms with Crippen molar-refractivity contribution in [2.24, 2.45) is 5.92 Å². The van der Waals surface area contributed by atoms with E-state index in [0.717, 1.165) is 12.8 Å².